The third-order valence-electron chi connectivity index (χ3n) is 0.0642. The van der Waals surface area contributed by atoms with Crippen LogP contribution in [0.25, 0.3) is 0 Å². The number of nitroso groups, excluding NO2 is 1. The predicted octanol–water partition coefficient (Wildman–Crippen LogP) is 0.565. The molecule has 0 N–H and O–H groups in total. The van der Waals surface area contributed by atoms with Crippen molar-refractivity contribution in [3.63, 3.8) is 0 Å². The molecule has 0 aromatic heterocycles. The third kappa shape index (κ3) is 3.91. The summed E-state index contributed by atoms with van der Waals surface area (Å²) in [5.41, 5.74) is 0. The van der Waals surface area contributed by atoms with Crippen LogP contribution in [0, 0.1) is 4.91 Å². The van der Waals surface area contributed by atoms with E-state index in [0.717, 1.165) is 0 Å². The van der Waals surface area contributed by atoms with Crippen LogP contribution in [0.15, 0.2) is 4.47 Å². The molecule has 0 rings (SSSR count). The lowest BCUT2D eigenvalue weighted by Crippen LogP contribution is -1.69. The van der Waals surface area contributed by atoms with E-state index in [0.29, 0.717) is 0 Å². The number of rotatable bonds is 1. The van der Waals surface area contributed by atoms with Gasteiger partial charge in [0.05, 0.1) is 4.91 Å². The number of nitrogens with zero attached hydrogens (tertiary/aromatic N) is 2. The van der Waals surface area contributed by atoms with Gasteiger partial charge in [0.2, 0.25) is 0 Å². The van der Waals surface area contributed by atoms with Crippen molar-refractivity contribution in [2.24, 2.45) is 4.47 Å². The van der Waals surface area contributed by atoms with Crippen LogP contribution in [0.4, 0.5) is 0 Å². The van der Waals surface area contributed by atoms with E-state index in [4.69, 9.17) is 0 Å². The fourth-order valence-electron chi connectivity index (χ4n) is 0. The Morgan fingerprint density at radius 3 is 2.20 bits per heavy atom. The molecule has 0 spiro atoms. The smallest absolute Gasteiger partial charge is 0.0803 e. The van der Waals surface area contributed by atoms with Crippen molar-refractivity contribution in [1.29, 1.82) is 0 Å². The Bertz CT molecular complexity index is 60.7. The summed E-state index contributed by atoms with van der Waals surface area (Å²) in [5.74, 6) is 0. The lowest BCUT2D eigenvalue weighted by Gasteiger charge is -1.41. The Hall–Kier alpha value is -0.0900. The Labute approximate surface area is 38.8 Å². The zero-order chi connectivity index (χ0) is 4.28. The summed E-state index contributed by atoms with van der Waals surface area (Å²) < 4.78 is 2.30. The van der Waals surface area contributed by atoms with Crippen LogP contribution in [0.1, 0.15) is 0 Å². The average molecular weight is 112 g/mol. The van der Waals surface area contributed by atoms with Crippen molar-refractivity contribution in [2.45, 2.75) is 0 Å². The second kappa shape index (κ2) is 2.17. The summed E-state index contributed by atoms with van der Waals surface area (Å²) in [6.07, 6.45) is 0. The molecule has 0 aliphatic rings. The van der Waals surface area contributed by atoms with Gasteiger partial charge >= 0.3 is 11.8 Å². The van der Waals surface area contributed by atoms with Crippen molar-refractivity contribution in [2.75, 3.05) is 0 Å². The first-order valence-electron chi connectivity index (χ1n) is 0.734. The van der Waals surface area contributed by atoms with Crippen LogP contribution >= 0.6 is 11.8 Å². The van der Waals surface area contributed by atoms with Gasteiger partial charge in [0, 0.05) is 0 Å². The zero-order valence-electron chi connectivity index (χ0n) is 2.09. The van der Waals surface area contributed by atoms with Crippen molar-refractivity contribution in [1.82, 2.24) is 0 Å². The maximum Gasteiger partial charge on any atom is 0.361 e. The minimum Gasteiger partial charge on any atom is 0.0803 e. The van der Waals surface area contributed by atoms with E-state index in [1.54, 1.807) is 0 Å². The Morgan fingerprint density at radius 1 is 2.00 bits per heavy atom. The van der Waals surface area contributed by atoms with Gasteiger partial charge in [-0.25, -0.2) is 0 Å². The minimum atomic E-state index is -0.213. The molecule has 5 heteroatoms. The monoisotopic (exact) mass is 111 g/mol. The summed E-state index contributed by atoms with van der Waals surface area (Å²) in [4.78, 5) is 9.22. The highest BCUT2D eigenvalue weighted by atomic mass is 35.5. The first-order valence-corrected chi connectivity index (χ1v) is 1.44. The van der Waals surface area contributed by atoms with E-state index in [2.05, 4.69) is 28.7 Å². The summed E-state index contributed by atoms with van der Waals surface area (Å²) in [6.45, 7) is 0. The van der Waals surface area contributed by atoms with E-state index >= 15 is 0 Å². The first kappa shape index (κ1) is 4.91. The second-order valence-corrected chi connectivity index (χ2v) is 0.760. The molecule has 0 aliphatic heterocycles. The molecule has 0 atom stereocenters. The van der Waals surface area contributed by atoms with Crippen molar-refractivity contribution in [3.05, 3.63) is 4.91 Å². The molecule has 0 unspecified atom stereocenters. The lowest BCUT2D eigenvalue weighted by atomic mass is 12.9. The van der Waals surface area contributed by atoms with E-state index in [1.165, 1.54) is 0 Å². The highest BCUT2D eigenvalue weighted by Crippen LogP contribution is 1.73. The van der Waals surface area contributed by atoms with Gasteiger partial charge in [-0.05, 0) is 0 Å². The minimum absolute atomic E-state index is 0.213. The third-order valence-corrected chi connectivity index (χ3v) is 0.378. The largest absolute Gasteiger partial charge is 0.361 e. The van der Waals surface area contributed by atoms with Gasteiger partial charge < -0.3 is 0 Å². The topological polar surface area (TPSA) is 32.4 Å². The van der Waals surface area contributed by atoms with Crippen LogP contribution in [0.5, 0.6) is 0 Å². The molecule has 0 radical (unpaired) electrons. The summed E-state index contributed by atoms with van der Waals surface area (Å²) in [7, 11) is 0. The fraction of sp³-hybridized carbons (Fsp3) is 0. The molecule has 0 amide bonds. The second-order valence-electron chi connectivity index (χ2n) is 0.308. The normalized spacial score (nSPS) is 6.60. The molecule has 5 heavy (non-hydrogen) atoms. The molecular formula is ClN2OS+. The standard InChI is InChI=1S/ClN2OS/c1-3(4)2-5/q+1. The van der Waals surface area contributed by atoms with Gasteiger partial charge in [-0.3, -0.25) is 0 Å². The highest BCUT2D eigenvalue weighted by Gasteiger charge is 1.90. The summed E-state index contributed by atoms with van der Waals surface area (Å²) in [5, 5.41) is 0. The van der Waals surface area contributed by atoms with Gasteiger partial charge in [-0.15, -0.1) is 0 Å². The van der Waals surface area contributed by atoms with Crippen LogP contribution in [-0.4, -0.2) is 4.39 Å². The van der Waals surface area contributed by atoms with E-state index < -0.39 is 0 Å². The fourth-order valence-corrected chi connectivity index (χ4v) is 0. The zero-order valence-corrected chi connectivity index (χ0v) is 3.66. The molecule has 0 heterocycles. The molecule has 0 bridgehead atoms. The molecule has 0 aromatic rings. The SMILES string of the molecule is O=[N+](Cl)N=S. The average Bonchev–Trinajstić information content (AvgIpc) is 1.38. The maximum atomic E-state index is 9.22. The molecule has 3 nitrogen and oxygen atoms in total. The van der Waals surface area contributed by atoms with E-state index in [9.17, 15) is 4.91 Å². The van der Waals surface area contributed by atoms with Crippen molar-refractivity contribution in [3.8, 4) is 0 Å². The molecule has 0 aliphatic carbocycles. The quantitative estimate of drug-likeness (QED) is 0.366. The van der Waals surface area contributed by atoms with E-state index in [1.807, 2.05) is 0 Å². The molecule has 28 valence electrons. The van der Waals surface area contributed by atoms with Gasteiger partial charge in [0.25, 0.3) is 4.39 Å². The van der Waals surface area contributed by atoms with Crippen molar-refractivity contribution >= 4 is 24.2 Å². The van der Waals surface area contributed by atoms with Gasteiger partial charge in [0.1, 0.15) is 16.9 Å². The molecule has 0 saturated carbocycles. The first-order chi connectivity index (χ1) is 2.27. The Morgan fingerprint density at radius 2 is 2.20 bits per heavy atom. The molecular weight excluding hydrogens is 112 g/mol. The predicted molar refractivity (Wildman–Crippen MR) is 19.3 cm³/mol. The van der Waals surface area contributed by atoms with Crippen LogP contribution in [0.2, 0.25) is 0 Å². The summed E-state index contributed by atoms with van der Waals surface area (Å²) >= 11 is 8.25. The maximum absolute atomic E-state index is 9.22. The van der Waals surface area contributed by atoms with E-state index in [-0.39, 0.29) is 4.39 Å². The highest BCUT2D eigenvalue weighted by molar-refractivity contribution is 7.47. The van der Waals surface area contributed by atoms with Crippen LogP contribution in [0.3, 0.4) is 0 Å². The van der Waals surface area contributed by atoms with Gasteiger partial charge in [-0.2, -0.15) is 0 Å². The van der Waals surface area contributed by atoms with Gasteiger partial charge in [-0.1, -0.05) is 0 Å². The van der Waals surface area contributed by atoms with Crippen molar-refractivity contribution < 1.29 is 4.39 Å². The van der Waals surface area contributed by atoms with Crippen LogP contribution < -0.4 is 0 Å². The number of halogens is 1. The summed E-state index contributed by atoms with van der Waals surface area (Å²) in [6, 6.07) is 0. The van der Waals surface area contributed by atoms with Gasteiger partial charge in [0.15, 0.2) is 0 Å². The Balaban J connectivity index is 3.20. The molecule has 0 fully saturated rings. The lowest BCUT2D eigenvalue weighted by molar-refractivity contribution is -0.395. The number of hydrogen-bond donors (Lipinski definition) is 0. The van der Waals surface area contributed by atoms with Crippen LogP contribution in [-0.2, 0) is 12.4 Å². The molecule has 0 aromatic carbocycles. The molecule has 0 saturated heterocycles. The number of hydrogen-bond acceptors (Lipinski definition) is 2. The Kier molecular flexibility index (Phi) is 2.13.